The van der Waals surface area contributed by atoms with E-state index in [9.17, 15) is 4.79 Å². The van der Waals surface area contributed by atoms with Gasteiger partial charge in [-0.3, -0.25) is 19.9 Å². The second-order valence-electron chi connectivity index (χ2n) is 5.08. The van der Waals surface area contributed by atoms with Crippen LogP contribution in [-0.2, 0) is 13.0 Å². The van der Waals surface area contributed by atoms with Gasteiger partial charge in [-0.1, -0.05) is 20.3 Å². The fourth-order valence-electron chi connectivity index (χ4n) is 2.70. The summed E-state index contributed by atoms with van der Waals surface area (Å²) in [6.45, 7) is 5.94. The highest BCUT2D eigenvalue weighted by Crippen LogP contribution is 2.29. The van der Waals surface area contributed by atoms with E-state index in [1.807, 2.05) is 19.9 Å². The zero-order valence-corrected chi connectivity index (χ0v) is 12.2. The van der Waals surface area contributed by atoms with Gasteiger partial charge in [-0.15, -0.1) is 0 Å². The monoisotopic (exact) mass is 277 g/mol. The van der Waals surface area contributed by atoms with Crippen LogP contribution in [0.3, 0.4) is 0 Å². The molecule has 110 valence electrons. The van der Waals surface area contributed by atoms with E-state index in [4.69, 9.17) is 5.21 Å². The SMILES string of the molecule is CC.O=C(NO)c1cnc2c(c1)CN(C1CCC1)CC2. The van der Waals surface area contributed by atoms with E-state index in [0.29, 0.717) is 11.6 Å². The maximum Gasteiger partial charge on any atom is 0.276 e. The largest absolute Gasteiger partial charge is 0.296 e. The van der Waals surface area contributed by atoms with E-state index in [0.717, 1.165) is 30.8 Å². The Bertz CT molecular complexity index is 472. The van der Waals surface area contributed by atoms with Crippen molar-refractivity contribution in [3.63, 3.8) is 0 Å². The minimum atomic E-state index is -0.494. The van der Waals surface area contributed by atoms with E-state index in [1.165, 1.54) is 25.5 Å². The Hall–Kier alpha value is -1.46. The van der Waals surface area contributed by atoms with E-state index in [1.54, 1.807) is 5.48 Å². The molecule has 2 heterocycles. The minimum absolute atomic E-state index is 0.423. The fourth-order valence-corrected chi connectivity index (χ4v) is 2.70. The summed E-state index contributed by atoms with van der Waals surface area (Å²) in [5, 5.41) is 8.64. The number of pyridine rings is 1. The molecule has 0 spiro atoms. The van der Waals surface area contributed by atoms with Crippen LogP contribution in [0.15, 0.2) is 12.3 Å². The highest BCUT2D eigenvalue weighted by atomic mass is 16.5. The van der Waals surface area contributed by atoms with Gasteiger partial charge in [0.1, 0.15) is 0 Å². The first-order valence-electron chi connectivity index (χ1n) is 7.44. The maximum atomic E-state index is 11.4. The van der Waals surface area contributed by atoms with Gasteiger partial charge in [0, 0.05) is 37.4 Å². The average Bonchev–Trinajstić information content (AvgIpc) is 2.46. The van der Waals surface area contributed by atoms with Gasteiger partial charge in [0.2, 0.25) is 0 Å². The zero-order chi connectivity index (χ0) is 14.5. The van der Waals surface area contributed by atoms with Gasteiger partial charge in [0.25, 0.3) is 5.91 Å². The first-order chi connectivity index (χ1) is 9.78. The number of amides is 1. The summed E-state index contributed by atoms with van der Waals surface area (Å²) in [6, 6.07) is 2.56. The van der Waals surface area contributed by atoms with Gasteiger partial charge in [-0.25, -0.2) is 5.48 Å². The molecule has 0 saturated heterocycles. The van der Waals surface area contributed by atoms with Crippen LogP contribution in [-0.4, -0.2) is 33.6 Å². The Labute approximate surface area is 120 Å². The lowest BCUT2D eigenvalue weighted by Gasteiger charge is -2.40. The lowest BCUT2D eigenvalue weighted by molar-refractivity contribution is 0.0705. The Morgan fingerprint density at radius 3 is 2.80 bits per heavy atom. The molecule has 0 unspecified atom stereocenters. The lowest BCUT2D eigenvalue weighted by Crippen LogP contribution is -2.43. The van der Waals surface area contributed by atoms with Gasteiger partial charge >= 0.3 is 0 Å². The molecular formula is C15H23N3O2. The van der Waals surface area contributed by atoms with Crippen molar-refractivity contribution in [3.8, 4) is 0 Å². The average molecular weight is 277 g/mol. The minimum Gasteiger partial charge on any atom is -0.296 e. The molecule has 5 heteroatoms. The molecule has 1 saturated carbocycles. The predicted octanol–water partition coefficient (Wildman–Crippen LogP) is 2.14. The standard InChI is InChI=1S/C13H17N3O2.C2H6/c17-13(15-18)9-6-10-8-16(11-2-1-3-11)5-4-12(10)14-7-9;1-2/h6-7,11,18H,1-5,8H2,(H,15,17);1-2H3. The predicted molar refractivity (Wildman–Crippen MR) is 76.6 cm³/mol. The molecule has 1 aromatic rings. The van der Waals surface area contributed by atoms with E-state index < -0.39 is 5.91 Å². The highest BCUT2D eigenvalue weighted by molar-refractivity contribution is 5.93. The number of rotatable bonds is 2. The van der Waals surface area contributed by atoms with Crippen molar-refractivity contribution in [2.45, 2.75) is 52.1 Å². The number of carbonyl (C=O) groups excluding carboxylic acids is 1. The number of hydroxylamine groups is 1. The first kappa shape index (κ1) is 14.9. The van der Waals surface area contributed by atoms with Crippen LogP contribution >= 0.6 is 0 Å². The topological polar surface area (TPSA) is 65.5 Å². The molecule has 5 nitrogen and oxygen atoms in total. The fraction of sp³-hybridized carbons (Fsp3) is 0.600. The molecule has 3 rings (SSSR count). The Morgan fingerprint density at radius 1 is 1.45 bits per heavy atom. The van der Waals surface area contributed by atoms with Crippen molar-refractivity contribution in [1.82, 2.24) is 15.4 Å². The quantitative estimate of drug-likeness (QED) is 0.642. The summed E-state index contributed by atoms with van der Waals surface area (Å²) in [5.74, 6) is -0.494. The van der Waals surface area contributed by atoms with Crippen molar-refractivity contribution in [1.29, 1.82) is 0 Å². The Kier molecular flexibility index (Phi) is 5.09. The third-order valence-electron chi connectivity index (χ3n) is 4.02. The summed E-state index contributed by atoms with van der Waals surface area (Å²) in [5.41, 5.74) is 4.28. The third-order valence-corrected chi connectivity index (χ3v) is 4.02. The molecule has 1 aliphatic heterocycles. The number of fused-ring (bicyclic) bond motifs is 1. The summed E-state index contributed by atoms with van der Waals surface area (Å²) >= 11 is 0. The smallest absolute Gasteiger partial charge is 0.276 e. The van der Waals surface area contributed by atoms with E-state index >= 15 is 0 Å². The number of nitrogens with one attached hydrogen (secondary N) is 1. The zero-order valence-electron chi connectivity index (χ0n) is 12.2. The molecule has 0 bridgehead atoms. The number of carbonyl (C=O) groups is 1. The van der Waals surface area contributed by atoms with Gasteiger partial charge in [-0.05, 0) is 24.5 Å². The van der Waals surface area contributed by atoms with Crippen LogP contribution in [0.2, 0.25) is 0 Å². The third kappa shape index (κ3) is 2.99. The van der Waals surface area contributed by atoms with Crippen LogP contribution in [0, 0.1) is 0 Å². The molecule has 1 aromatic heterocycles. The van der Waals surface area contributed by atoms with Crippen molar-refractivity contribution >= 4 is 5.91 Å². The maximum absolute atomic E-state index is 11.4. The molecular weight excluding hydrogens is 254 g/mol. The molecule has 1 aliphatic carbocycles. The summed E-state index contributed by atoms with van der Waals surface area (Å²) in [7, 11) is 0. The number of hydrogen-bond acceptors (Lipinski definition) is 4. The van der Waals surface area contributed by atoms with Gasteiger partial charge in [-0.2, -0.15) is 0 Å². The molecule has 2 N–H and O–H groups in total. The molecule has 0 aromatic carbocycles. The van der Waals surface area contributed by atoms with Gasteiger partial charge < -0.3 is 0 Å². The Balaban J connectivity index is 0.000000704. The van der Waals surface area contributed by atoms with Gasteiger partial charge in [0.05, 0.1) is 5.56 Å². The van der Waals surface area contributed by atoms with Crippen molar-refractivity contribution in [3.05, 3.63) is 29.1 Å². The van der Waals surface area contributed by atoms with Gasteiger partial charge in [0.15, 0.2) is 0 Å². The highest BCUT2D eigenvalue weighted by Gasteiger charge is 2.28. The molecule has 0 radical (unpaired) electrons. The normalized spacial score (nSPS) is 18.4. The van der Waals surface area contributed by atoms with Crippen molar-refractivity contribution in [2.24, 2.45) is 0 Å². The molecule has 1 amide bonds. The molecule has 2 aliphatic rings. The second kappa shape index (κ2) is 6.81. The van der Waals surface area contributed by atoms with Crippen LogP contribution in [0.5, 0.6) is 0 Å². The number of hydrogen-bond donors (Lipinski definition) is 2. The van der Waals surface area contributed by atoms with E-state index in [2.05, 4.69) is 9.88 Å². The lowest BCUT2D eigenvalue weighted by atomic mass is 9.89. The van der Waals surface area contributed by atoms with Crippen molar-refractivity contribution in [2.75, 3.05) is 6.54 Å². The molecule has 20 heavy (non-hydrogen) atoms. The van der Waals surface area contributed by atoms with Crippen molar-refractivity contribution < 1.29 is 10.0 Å². The summed E-state index contributed by atoms with van der Waals surface area (Å²) < 4.78 is 0. The molecule has 1 fully saturated rings. The number of aromatic nitrogens is 1. The van der Waals surface area contributed by atoms with Crippen LogP contribution < -0.4 is 5.48 Å². The summed E-state index contributed by atoms with van der Waals surface area (Å²) in [4.78, 5) is 18.2. The summed E-state index contributed by atoms with van der Waals surface area (Å²) in [6.07, 6.45) is 6.40. The molecule has 0 atom stereocenters. The Morgan fingerprint density at radius 2 is 2.20 bits per heavy atom. The van der Waals surface area contributed by atoms with E-state index in [-0.39, 0.29) is 0 Å². The second-order valence-corrected chi connectivity index (χ2v) is 5.08. The van der Waals surface area contributed by atoms with Crippen LogP contribution in [0.1, 0.15) is 54.7 Å². The number of nitrogens with zero attached hydrogens (tertiary/aromatic N) is 2. The van der Waals surface area contributed by atoms with Crippen LogP contribution in [0.25, 0.3) is 0 Å². The van der Waals surface area contributed by atoms with Crippen LogP contribution in [0.4, 0.5) is 0 Å². The first-order valence-corrected chi connectivity index (χ1v) is 7.44.